The third-order valence-corrected chi connectivity index (χ3v) is 1.94. The standard InChI is InChI=1S/C7H6ClO2S/c8-7-3-1-2-6(4-7)5-11(9)10/h1-3,11H,5H2. The number of halogens is 1. The van der Waals surface area contributed by atoms with E-state index in [4.69, 9.17) is 11.6 Å². The summed E-state index contributed by atoms with van der Waals surface area (Å²) in [5.74, 6) is 0.00981. The van der Waals surface area contributed by atoms with Gasteiger partial charge in [-0.3, -0.25) is 0 Å². The summed E-state index contributed by atoms with van der Waals surface area (Å²) in [6.07, 6.45) is 0. The topological polar surface area (TPSA) is 34.1 Å². The highest BCUT2D eigenvalue weighted by molar-refractivity contribution is 7.71. The molecule has 11 heavy (non-hydrogen) atoms. The van der Waals surface area contributed by atoms with Crippen molar-refractivity contribution < 1.29 is 8.42 Å². The van der Waals surface area contributed by atoms with Crippen LogP contribution in [0.25, 0.3) is 0 Å². The van der Waals surface area contributed by atoms with Crippen LogP contribution in [0.1, 0.15) is 5.56 Å². The first-order chi connectivity index (χ1) is 5.18. The molecule has 59 valence electrons. The van der Waals surface area contributed by atoms with Gasteiger partial charge in [0.05, 0.1) is 5.75 Å². The molecule has 1 rings (SSSR count). The molecule has 1 radical (unpaired) electrons. The minimum atomic E-state index is -2.38. The highest BCUT2D eigenvalue weighted by Gasteiger charge is 1.94. The van der Waals surface area contributed by atoms with Crippen LogP contribution in [-0.2, 0) is 16.5 Å². The second kappa shape index (κ2) is 3.74. The predicted octanol–water partition coefficient (Wildman–Crippen LogP) is 1.25. The Morgan fingerprint density at radius 2 is 2.18 bits per heavy atom. The van der Waals surface area contributed by atoms with E-state index >= 15 is 0 Å². The molecule has 0 aromatic heterocycles. The van der Waals surface area contributed by atoms with E-state index < -0.39 is 10.7 Å². The summed E-state index contributed by atoms with van der Waals surface area (Å²) in [6, 6.07) is 7.75. The number of thiol groups is 1. The molecule has 0 unspecified atom stereocenters. The summed E-state index contributed by atoms with van der Waals surface area (Å²) >= 11 is 5.58. The molecule has 0 heterocycles. The van der Waals surface area contributed by atoms with E-state index in [9.17, 15) is 8.42 Å². The summed E-state index contributed by atoms with van der Waals surface area (Å²) < 4.78 is 20.5. The van der Waals surface area contributed by atoms with Gasteiger partial charge in [0.15, 0.2) is 0 Å². The van der Waals surface area contributed by atoms with Crippen molar-refractivity contribution in [2.45, 2.75) is 5.75 Å². The van der Waals surface area contributed by atoms with Crippen molar-refractivity contribution in [2.75, 3.05) is 0 Å². The molecule has 4 heteroatoms. The van der Waals surface area contributed by atoms with Gasteiger partial charge >= 0.3 is 0 Å². The van der Waals surface area contributed by atoms with Gasteiger partial charge in [0.2, 0.25) is 0 Å². The maximum atomic E-state index is 10.3. The summed E-state index contributed by atoms with van der Waals surface area (Å²) in [5, 5.41) is 0.444. The highest BCUT2D eigenvalue weighted by atomic mass is 35.5. The molecule has 0 N–H and O–H groups in total. The van der Waals surface area contributed by atoms with Gasteiger partial charge in [-0.25, -0.2) is 8.42 Å². The second-order valence-electron chi connectivity index (χ2n) is 2.01. The maximum Gasteiger partial charge on any atom is 0.144 e. The Balaban J connectivity index is 2.87. The number of benzene rings is 1. The Labute approximate surface area is 71.8 Å². The van der Waals surface area contributed by atoms with E-state index in [-0.39, 0.29) is 5.75 Å². The van der Waals surface area contributed by atoms with Crippen LogP contribution in [0.15, 0.2) is 18.2 Å². The van der Waals surface area contributed by atoms with Crippen molar-refractivity contribution in [2.24, 2.45) is 0 Å². The van der Waals surface area contributed by atoms with Gasteiger partial charge < -0.3 is 0 Å². The molecule has 0 atom stereocenters. The molecule has 0 aliphatic carbocycles. The van der Waals surface area contributed by atoms with Crippen LogP contribution in [-0.4, -0.2) is 8.42 Å². The van der Waals surface area contributed by atoms with E-state index in [0.717, 1.165) is 0 Å². The first-order valence-electron chi connectivity index (χ1n) is 2.97. The van der Waals surface area contributed by atoms with Crippen LogP contribution in [0.3, 0.4) is 0 Å². The van der Waals surface area contributed by atoms with Gasteiger partial charge in [-0.15, -0.1) is 0 Å². The number of hydrogen-bond donors (Lipinski definition) is 1. The lowest BCUT2D eigenvalue weighted by molar-refractivity contribution is 0.614. The fourth-order valence-corrected chi connectivity index (χ4v) is 1.37. The number of hydrogen-bond acceptors (Lipinski definition) is 2. The van der Waals surface area contributed by atoms with E-state index in [1.54, 1.807) is 18.2 Å². The van der Waals surface area contributed by atoms with Crippen LogP contribution in [0, 0.1) is 6.07 Å². The first kappa shape index (κ1) is 8.56. The Hall–Kier alpha value is -0.540. The zero-order chi connectivity index (χ0) is 8.27. The number of rotatable bonds is 2. The molecule has 0 saturated carbocycles. The van der Waals surface area contributed by atoms with Crippen molar-refractivity contribution >= 4 is 22.3 Å². The SMILES string of the molecule is O=[SH](=O)Cc1[c]c(Cl)ccc1. The Morgan fingerprint density at radius 1 is 1.45 bits per heavy atom. The third kappa shape index (κ3) is 2.91. The normalized spacial score (nSPS) is 10.4. The summed E-state index contributed by atoms with van der Waals surface area (Å²) in [5.41, 5.74) is 0.605. The molecular formula is C7H6ClO2S. The van der Waals surface area contributed by atoms with E-state index in [1.165, 1.54) is 0 Å². The van der Waals surface area contributed by atoms with Gasteiger partial charge in [-0.1, -0.05) is 23.7 Å². The summed E-state index contributed by atoms with van der Waals surface area (Å²) in [7, 11) is -2.38. The lowest BCUT2D eigenvalue weighted by atomic mass is 10.2. The zero-order valence-electron chi connectivity index (χ0n) is 5.58. The molecular weight excluding hydrogens is 184 g/mol. The van der Waals surface area contributed by atoms with Crippen LogP contribution in [0.4, 0.5) is 0 Å². The lowest BCUT2D eigenvalue weighted by Gasteiger charge is -1.92. The van der Waals surface area contributed by atoms with Crippen LogP contribution in [0.2, 0.25) is 5.02 Å². The molecule has 0 fully saturated rings. The van der Waals surface area contributed by atoms with Crippen LogP contribution in [0.5, 0.6) is 0 Å². The lowest BCUT2D eigenvalue weighted by Crippen LogP contribution is -1.85. The molecule has 1 aromatic rings. The molecule has 1 aromatic carbocycles. The zero-order valence-corrected chi connectivity index (χ0v) is 7.23. The summed E-state index contributed by atoms with van der Waals surface area (Å²) in [6.45, 7) is 0. The van der Waals surface area contributed by atoms with Gasteiger partial charge in [0, 0.05) is 11.1 Å². The Bertz CT molecular complexity index is 312. The van der Waals surface area contributed by atoms with E-state index in [1.807, 2.05) is 0 Å². The van der Waals surface area contributed by atoms with Crippen molar-refractivity contribution in [3.8, 4) is 0 Å². The van der Waals surface area contributed by atoms with Gasteiger partial charge in [-0.05, 0) is 11.6 Å². The molecule has 0 spiro atoms. The molecule has 0 aliphatic heterocycles. The fraction of sp³-hybridized carbons (Fsp3) is 0.143. The minimum Gasteiger partial charge on any atom is -0.232 e. The van der Waals surface area contributed by atoms with Gasteiger partial charge in [-0.2, -0.15) is 0 Å². The van der Waals surface area contributed by atoms with E-state index in [2.05, 4.69) is 6.07 Å². The first-order valence-corrected chi connectivity index (χ1v) is 4.71. The average Bonchev–Trinajstić information content (AvgIpc) is 1.85. The smallest absolute Gasteiger partial charge is 0.144 e. The fourth-order valence-electron chi connectivity index (χ4n) is 0.717. The van der Waals surface area contributed by atoms with Gasteiger partial charge in [0.1, 0.15) is 10.7 Å². The summed E-state index contributed by atoms with van der Waals surface area (Å²) in [4.78, 5) is 0. The van der Waals surface area contributed by atoms with Crippen molar-refractivity contribution in [3.63, 3.8) is 0 Å². The minimum absolute atomic E-state index is 0.00981. The van der Waals surface area contributed by atoms with Gasteiger partial charge in [0.25, 0.3) is 0 Å². The second-order valence-corrected chi connectivity index (χ2v) is 3.40. The molecule has 0 bridgehead atoms. The monoisotopic (exact) mass is 189 g/mol. The quantitative estimate of drug-likeness (QED) is 0.711. The third-order valence-electron chi connectivity index (χ3n) is 1.12. The van der Waals surface area contributed by atoms with Crippen LogP contribution >= 0.6 is 11.6 Å². The highest BCUT2D eigenvalue weighted by Crippen LogP contribution is 2.09. The largest absolute Gasteiger partial charge is 0.232 e. The Kier molecular flexibility index (Phi) is 2.91. The molecule has 0 saturated heterocycles. The van der Waals surface area contributed by atoms with Crippen molar-refractivity contribution in [3.05, 3.63) is 34.9 Å². The Morgan fingerprint density at radius 3 is 2.73 bits per heavy atom. The van der Waals surface area contributed by atoms with Crippen molar-refractivity contribution in [1.29, 1.82) is 0 Å². The van der Waals surface area contributed by atoms with Crippen LogP contribution < -0.4 is 0 Å². The van der Waals surface area contributed by atoms with E-state index in [0.29, 0.717) is 10.6 Å². The molecule has 0 amide bonds. The predicted molar refractivity (Wildman–Crippen MR) is 44.3 cm³/mol. The van der Waals surface area contributed by atoms with Crippen molar-refractivity contribution in [1.82, 2.24) is 0 Å². The molecule has 0 aliphatic rings. The molecule has 2 nitrogen and oxygen atoms in total. The average molecular weight is 190 g/mol. The maximum absolute atomic E-state index is 10.3.